The van der Waals surface area contributed by atoms with E-state index in [9.17, 15) is 9.59 Å². The number of carbonyl (C=O) groups is 2. The number of anilines is 1. The fraction of sp³-hybridized carbons (Fsp3) is 0.280. The van der Waals surface area contributed by atoms with Gasteiger partial charge >= 0.3 is 5.97 Å². The number of carbonyl (C=O) groups excluding carboxylic acids is 2. The molecule has 32 heavy (non-hydrogen) atoms. The summed E-state index contributed by atoms with van der Waals surface area (Å²) in [5.41, 5.74) is 11.0. The van der Waals surface area contributed by atoms with Gasteiger partial charge in [-0.25, -0.2) is 4.79 Å². The number of methoxy groups -OCH3 is 1. The number of hydrogen-bond acceptors (Lipinski definition) is 7. The average molecular weight is 432 g/mol. The topological polar surface area (TPSA) is 91.1 Å². The van der Waals surface area contributed by atoms with E-state index >= 15 is 0 Å². The zero-order chi connectivity index (χ0) is 22.4. The van der Waals surface area contributed by atoms with Gasteiger partial charge in [-0.15, -0.1) is 0 Å². The lowest BCUT2D eigenvalue weighted by atomic mass is 9.75. The molecule has 1 aliphatic carbocycles. The third-order valence-electron chi connectivity index (χ3n) is 6.19. The molecule has 0 spiro atoms. The van der Waals surface area contributed by atoms with Gasteiger partial charge in [0.1, 0.15) is 5.82 Å². The molecule has 0 unspecified atom stereocenters. The van der Waals surface area contributed by atoms with Crippen molar-refractivity contribution in [1.82, 2.24) is 0 Å². The number of rotatable bonds is 3. The summed E-state index contributed by atoms with van der Waals surface area (Å²) in [6.07, 6.45) is 1.84. The summed E-state index contributed by atoms with van der Waals surface area (Å²) in [5.74, 6) is 0.302. The number of aryl methyl sites for hydroxylation is 1. The maximum atomic E-state index is 13.3. The summed E-state index contributed by atoms with van der Waals surface area (Å²) >= 11 is 0. The predicted octanol–water partition coefficient (Wildman–Crippen LogP) is 3.68. The van der Waals surface area contributed by atoms with Crippen molar-refractivity contribution in [2.75, 3.05) is 18.8 Å². The van der Waals surface area contributed by atoms with Gasteiger partial charge < -0.3 is 19.9 Å². The van der Waals surface area contributed by atoms with E-state index in [1.165, 1.54) is 7.11 Å². The maximum absolute atomic E-state index is 13.3. The Labute approximate surface area is 186 Å². The molecule has 2 aromatic rings. The summed E-state index contributed by atoms with van der Waals surface area (Å²) in [4.78, 5) is 28.2. The van der Waals surface area contributed by atoms with Gasteiger partial charge in [0.2, 0.25) is 6.79 Å². The third-order valence-corrected chi connectivity index (χ3v) is 6.19. The Balaban J connectivity index is 1.76. The molecule has 164 valence electrons. The summed E-state index contributed by atoms with van der Waals surface area (Å²) in [5, 5.41) is 0. The van der Waals surface area contributed by atoms with Gasteiger partial charge in [0, 0.05) is 23.4 Å². The molecule has 0 saturated carbocycles. The van der Waals surface area contributed by atoms with E-state index in [-0.39, 0.29) is 24.0 Å². The molecule has 3 aliphatic rings. The summed E-state index contributed by atoms with van der Waals surface area (Å²) in [6.45, 7) is 2.13. The fourth-order valence-corrected chi connectivity index (χ4v) is 4.78. The zero-order valence-electron chi connectivity index (χ0n) is 18.0. The highest BCUT2D eigenvalue weighted by atomic mass is 16.7. The summed E-state index contributed by atoms with van der Waals surface area (Å²) < 4.78 is 16.1. The fourth-order valence-electron chi connectivity index (χ4n) is 4.78. The second-order valence-electron chi connectivity index (χ2n) is 8.15. The van der Waals surface area contributed by atoms with Crippen molar-refractivity contribution in [3.05, 3.63) is 76.3 Å². The molecule has 0 bridgehead atoms. The highest BCUT2D eigenvalue weighted by Gasteiger charge is 2.43. The first-order chi connectivity index (χ1) is 15.5. The Morgan fingerprint density at radius 3 is 2.72 bits per heavy atom. The van der Waals surface area contributed by atoms with Crippen LogP contribution in [0.15, 0.2) is 65.1 Å². The molecule has 0 radical (unpaired) electrons. The number of nitrogens with two attached hydrogens (primary N) is 1. The average Bonchev–Trinajstić information content (AvgIpc) is 3.26. The molecular formula is C25H24N2O5. The lowest BCUT2D eigenvalue weighted by Crippen LogP contribution is -2.40. The van der Waals surface area contributed by atoms with Gasteiger partial charge in [0.25, 0.3) is 0 Å². The number of benzene rings is 2. The van der Waals surface area contributed by atoms with Crippen molar-refractivity contribution < 1.29 is 23.8 Å². The van der Waals surface area contributed by atoms with Crippen LogP contribution in [0.25, 0.3) is 0 Å². The second-order valence-corrected chi connectivity index (χ2v) is 8.15. The van der Waals surface area contributed by atoms with Crippen molar-refractivity contribution in [3.63, 3.8) is 0 Å². The Bertz CT molecular complexity index is 1200. The van der Waals surface area contributed by atoms with Crippen LogP contribution in [0.2, 0.25) is 0 Å². The lowest BCUT2D eigenvalue weighted by molar-refractivity contribution is -0.136. The Morgan fingerprint density at radius 2 is 1.94 bits per heavy atom. The molecule has 0 fully saturated rings. The first kappa shape index (κ1) is 20.2. The number of ether oxygens (including phenoxy) is 3. The first-order valence-electron chi connectivity index (χ1n) is 10.6. The van der Waals surface area contributed by atoms with Crippen LogP contribution in [0.3, 0.4) is 0 Å². The van der Waals surface area contributed by atoms with Crippen LogP contribution >= 0.6 is 0 Å². The molecule has 0 saturated heterocycles. The van der Waals surface area contributed by atoms with Crippen LogP contribution < -0.4 is 20.1 Å². The monoisotopic (exact) mass is 432 g/mol. The quantitative estimate of drug-likeness (QED) is 0.740. The van der Waals surface area contributed by atoms with Crippen LogP contribution in [0.5, 0.6) is 11.5 Å². The number of nitrogens with zero attached hydrogens (tertiary/aromatic N) is 1. The van der Waals surface area contributed by atoms with Gasteiger partial charge in [0.15, 0.2) is 17.3 Å². The minimum atomic E-state index is -0.638. The van der Waals surface area contributed by atoms with E-state index in [1.807, 2.05) is 48.2 Å². The largest absolute Gasteiger partial charge is 0.466 e. The van der Waals surface area contributed by atoms with E-state index in [0.29, 0.717) is 29.9 Å². The minimum absolute atomic E-state index is 0.0143. The zero-order valence-corrected chi connectivity index (χ0v) is 18.0. The molecule has 7 heteroatoms. The smallest absolute Gasteiger partial charge is 0.338 e. The molecule has 0 amide bonds. The normalized spacial score (nSPS) is 19.9. The SMILES string of the molecule is COC(=O)C1=C(N)N(c2cccc(C)c2)C2=C(C(=O)CCC2)[C@H]1c1ccc2c(c1)OCO2. The molecule has 2 aromatic carbocycles. The Hall–Kier alpha value is -3.74. The summed E-state index contributed by atoms with van der Waals surface area (Å²) in [6, 6.07) is 13.3. The molecule has 7 nitrogen and oxygen atoms in total. The van der Waals surface area contributed by atoms with E-state index in [1.54, 1.807) is 6.07 Å². The molecule has 5 rings (SSSR count). The molecular weight excluding hydrogens is 408 g/mol. The van der Waals surface area contributed by atoms with Crippen molar-refractivity contribution in [1.29, 1.82) is 0 Å². The van der Waals surface area contributed by atoms with Crippen LogP contribution in [-0.2, 0) is 14.3 Å². The molecule has 2 N–H and O–H groups in total. The maximum Gasteiger partial charge on any atom is 0.338 e. The number of allylic oxidation sites excluding steroid dienone is 2. The predicted molar refractivity (Wildman–Crippen MR) is 118 cm³/mol. The van der Waals surface area contributed by atoms with Crippen molar-refractivity contribution in [2.24, 2.45) is 5.73 Å². The second kappa shape index (κ2) is 7.75. The third kappa shape index (κ3) is 3.12. The van der Waals surface area contributed by atoms with Crippen LogP contribution in [-0.4, -0.2) is 25.7 Å². The van der Waals surface area contributed by atoms with Gasteiger partial charge in [-0.1, -0.05) is 18.2 Å². The number of ketones is 1. The number of esters is 1. The van der Waals surface area contributed by atoms with Crippen LogP contribution in [0.4, 0.5) is 5.69 Å². The molecule has 2 heterocycles. The van der Waals surface area contributed by atoms with Crippen molar-refractivity contribution in [3.8, 4) is 11.5 Å². The first-order valence-corrected chi connectivity index (χ1v) is 10.6. The lowest BCUT2D eigenvalue weighted by Gasteiger charge is -2.40. The van der Waals surface area contributed by atoms with Crippen LogP contribution in [0.1, 0.15) is 36.3 Å². The van der Waals surface area contributed by atoms with E-state index < -0.39 is 11.9 Å². The van der Waals surface area contributed by atoms with Crippen molar-refractivity contribution >= 4 is 17.4 Å². The Morgan fingerprint density at radius 1 is 1.12 bits per heavy atom. The highest BCUT2D eigenvalue weighted by Crippen LogP contribution is 2.48. The van der Waals surface area contributed by atoms with Gasteiger partial charge in [-0.3, -0.25) is 9.69 Å². The molecule has 2 aliphatic heterocycles. The number of hydrogen-bond donors (Lipinski definition) is 1. The van der Waals surface area contributed by atoms with E-state index in [0.717, 1.165) is 28.9 Å². The van der Waals surface area contributed by atoms with E-state index in [4.69, 9.17) is 19.9 Å². The molecule has 0 aromatic heterocycles. The Kier molecular flexibility index (Phi) is 4.89. The number of Topliss-reactive ketones (excluding diaryl/α,β-unsaturated/α-hetero) is 1. The number of fused-ring (bicyclic) bond motifs is 1. The minimum Gasteiger partial charge on any atom is -0.466 e. The van der Waals surface area contributed by atoms with Gasteiger partial charge in [-0.2, -0.15) is 0 Å². The summed E-state index contributed by atoms with van der Waals surface area (Å²) in [7, 11) is 1.32. The van der Waals surface area contributed by atoms with Crippen molar-refractivity contribution in [2.45, 2.75) is 32.1 Å². The standard InChI is InChI=1S/C25H24N2O5/c1-14-5-3-6-16(11-14)27-17-7-4-8-18(28)22(17)21(23(24(27)26)25(29)30-2)15-9-10-19-20(12-15)32-13-31-19/h3,5-6,9-12,21H,4,7-8,13,26H2,1-2H3/t21-/m1/s1. The van der Waals surface area contributed by atoms with Crippen LogP contribution in [0, 0.1) is 6.92 Å². The molecule has 1 atom stereocenters. The van der Waals surface area contributed by atoms with Gasteiger partial charge in [-0.05, 0) is 55.2 Å². The van der Waals surface area contributed by atoms with E-state index in [2.05, 4.69) is 0 Å². The van der Waals surface area contributed by atoms with Gasteiger partial charge in [0.05, 0.1) is 18.6 Å². The highest BCUT2D eigenvalue weighted by molar-refractivity contribution is 6.05.